The number of aliphatic hydroxyl groups excluding tert-OH is 1. The minimum Gasteiger partial charge on any atom is -0.394 e. The first-order valence-corrected chi connectivity index (χ1v) is 12.5. The van der Waals surface area contributed by atoms with Gasteiger partial charge in [0, 0.05) is 40.9 Å². The lowest BCUT2D eigenvalue weighted by atomic mass is 10.1. The molecule has 0 saturated carbocycles. The third-order valence-electron chi connectivity index (χ3n) is 5.13. The summed E-state index contributed by atoms with van der Waals surface area (Å²) in [7, 11) is -0.889. The van der Waals surface area contributed by atoms with Gasteiger partial charge in [0.15, 0.2) is 0 Å². The number of nitrogens with one attached hydrogen (secondary N) is 3. The zero-order chi connectivity index (χ0) is 24.3. The summed E-state index contributed by atoms with van der Waals surface area (Å²) in [5.41, 5.74) is 3.11. The van der Waals surface area contributed by atoms with Crippen molar-refractivity contribution in [1.82, 2.24) is 19.7 Å². The second kappa shape index (κ2) is 9.51. The van der Waals surface area contributed by atoms with E-state index in [1.807, 2.05) is 32.2 Å². The third kappa shape index (κ3) is 5.17. The molecule has 0 radical (unpaired) electrons. The second-order valence-corrected chi connectivity index (χ2v) is 10.1. The van der Waals surface area contributed by atoms with Crippen LogP contribution >= 0.6 is 0 Å². The monoisotopic (exact) mass is 475 g/mol. The Balaban J connectivity index is 1.65. The first kappa shape index (κ1) is 23.2. The molecule has 10 heteroatoms. The fraction of sp³-hybridized carbons (Fsp3) is 0.208. The van der Waals surface area contributed by atoms with Crippen LogP contribution in [0.1, 0.15) is 18.1 Å². The summed E-state index contributed by atoms with van der Waals surface area (Å²) in [6.45, 7) is 1.77. The van der Waals surface area contributed by atoms with Crippen LogP contribution < -0.4 is 10.6 Å². The Kier molecular flexibility index (Phi) is 6.49. The van der Waals surface area contributed by atoms with E-state index in [9.17, 15) is 9.32 Å². The lowest BCUT2D eigenvalue weighted by molar-refractivity contribution is 0.281. The highest BCUT2D eigenvalue weighted by molar-refractivity contribution is 7.91. The van der Waals surface area contributed by atoms with E-state index < -0.39 is 9.73 Å². The Bertz CT molecular complexity index is 1500. The molecule has 0 aliphatic carbocycles. The van der Waals surface area contributed by atoms with Crippen LogP contribution in [0.5, 0.6) is 0 Å². The van der Waals surface area contributed by atoms with Crippen molar-refractivity contribution in [3.05, 3.63) is 66.0 Å². The molecule has 1 unspecified atom stereocenters. The van der Waals surface area contributed by atoms with Crippen molar-refractivity contribution >= 4 is 38.1 Å². The molecule has 0 fully saturated rings. The SMILES string of the molecule is C[C@H](CO)Nc1nc(Nc2ccc(S(C)(=N)=O)cc2)ncc1C#Cc1cccc2c1cnn2C. The van der Waals surface area contributed by atoms with Gasteiger partial charge >= 0.3 is 0 Å². The van der Waals surface area contributed by atoms with Crippen LogP contribution in [0.4, 0.5) is 17.5 Å². The number of fused-ring (bicyclic) bond motifs is 1. The fourth-order valence-electron chi connectivity index (χ4n) is 3.27. The van der Waals surface area contributed by atoms with Crippen molar-refractivity contribution in [1.29, 1.82) is 4.78 Å². The molecule has 0 bridgehead atoms. The van der Waals surface area contributed by atoms with E-state index in [-0.39, 0.29) is 12.6 Å². The number of aliphatic hydroxyl groups is 1. The maximum absolute atomic E-state index is 11.9. The number of rotatable bonds is 6. The predicted molar refractivity (Wildman–Crippen MR) is 134 cm³/mol. The zero-order valence-corrected chi connectivity index (χ0v) is 19.8. The summed E-state index contributed by atoms with van der Waals surface area (Å²) in [4.78, 5) is 9.38. The summed E-state index contributed by atoms with van der Waals surface area (Å²) in [5.74, 6) is 7.15. The van der Waals surface area contributed by atoms with Crippen LogP contribution in [0.3, 0.4) is 0 Å². The molecule has 4 N–H and O–H groups in total. The van der Waals surface area contributed by atoms with Gasteiger partial charge in [-0.05, 0) is 43.3 Å². The Hall–Kier alpha value is -3.94. The van der Waals surface area contributed by atoms with Gasteiger partial charge in [-0.3, -0.25) is 4.68 Å². The maximum atomic E-state index is 11.9. The van der Waals surface area contributed by atoms with Crippen LogP contribution in [0.2, 0.25) is 0 Å². The van der Waals surface area contributed by atoms with Crippen molar-refractivity contribution < 1.29 is 9.32 Å². The van der Waals surface area contributed by atoms with Gasteiger partial charge < -0.3 is 15.7 Å². The van der Waals surface area contributed by atoms with E-state index in [1.165, 1.54) is 6.26 Å². The van der Waals surface area contributed by atoms with Crippen molar-refractivity contribution in [3.8, 4) is 11.8 Å². The van der Waals surface area contributed by atoms with Gasteiger partial charge in [-0.1, -0.05) is 17.9 Å². The number of aryl methyl sites for hydroxylation is 1. The van der Waals surface area contributed by atoms with E-state index in [4.69, 9.17) is 4.78 Å². The summed E-state index contributed by atoms with van der Waals surface area (Å²) in [6, 6.07) is 12.4. The van der Waals surface area contributed by atoms with E-state index in [0.717, 1.165) is 16.5 Å². The average Bonchev–Trinajstić information content (AvgIpc) is 3.19. The minimum atomic E-state index is -2.78. The molecule has 2 heterocycles. The Morgan fingerprint density at radius 3 is 2.59 bits per heavy atom. The highest BCUT2D eigenvalue weighted by atomic mass is 32.2. The molecule has 0 aliphatic rings. The summed E-state index contributed by atoms with van der Waals surface area (Å²) < 4.78 is 21.4. The third-order valence-corrected chi connectivity index (χ3v) is 6.30. The van der Waals surface area contributed by atoms with Crippen molar-refractivity contribution in [3.63, 3.8) is 0 Å². The van der Waals surface area contributed by atoms with Gasteiger partial charge in [-0.2, -0.15) is 10.1 Å². The van der Waals surface area contributed by atoms with E-state index in [2.05, 4.69) is 37.5 Å². The van der Waals surface area contributed by atoms with Gasteiger partial charge in [0.25, 0.3) is 0 Å². The molecular formula is C24H25N7O2S. The maximum Gasteiger partial charge on any atom is 0.229 e. The average molecular weight is 476 g/mol. The largest absolute Gasteiger partial charge is 0.394 e. The van der Waals surface area contributed by atoms with Crippen LogP contribution in [0, 0.1) is 16.6 Å². The molecule has 4 rings (SSSR count). The molecule has 0 aliphatic heterocycles. The van der Waals surface area contributed by atoms with E-state index >= 15 is 0 Å². The predicted octanol–water partition coefficient (Wildman–Crippen LogP) is 3.33. The second-order valence-electron chi connectivity index (χ2n) is 7.93. The smallest absolute Gasteiger partial charge is 0.229 e. The molecular weight excluding hydrogens is 450 g/mol. The van der Waals surface area contributed by atoms with Crippen LogP contribution in [0.15, 0.2) is 59.8 Å². The first-order chi connectivity index (χ1) is 16.2. The van der Waals surface area contributed by atoms with Crippen molar-refractivity contribution in [2.75, 3.05) is 23.5 Å². The van der Waals surface area contributed by atoms with Crippen LogP contribution in [-0.2, 0) is 16.8 Å². The topological polar surface area (TPSA) is 129 Å². The number of hydrogen-bond donors (Lipinski definition) is 4. The Morgan fingerprint density at radius 1 is 1.15 bits per heavy atom. The number of aromatic nitrogens is 4. The first-order valence-electron chi connectivity index (χ1n) is 10.5. The lowest BCUT2D eigenvalue weighted by Crippen LogP contribution is -2.21. The molecule has 4 aromatic rings. The fourth-order valence-corrected chi connectivity index (χ4v) is 3.93. The molecule has 0 amide bonds. The van der Waals surface area contributed by atoms with Gasteiger partial charge in [0.1, 0.15) is 5.82 Å². The molecule has 174 valence electrons. The van der Waals surface area contributed by atoms with Crippen molar-refractivity contribution in [2.45, 2.75) is 17.9 Å². The lowest BCUT2D eigenvalue weighted by Gasteiger charge is -2.14. The standard InChI is InChI=1S/C24H25N7O2S/c1-16(15-32)28-23-18(8-7-17-5-4-6-22-21(17)14-27-31(22)2)13-26-24(30-23)29-19-9-11-20(12-10-19)34(3,25)33/h4-6,9-14,16,25,32H,15H2,1-3H3,(H2,26,28,29,30)/t16-,34?/m1/s1. The number of nitrogens with zero attached hydrogens (tertiary/aromatic N) is 4. The molecule has 9 nitrogen and oxygen atoms in total. The Morgan fingerprint density at radius 2 is 1.88 bits per heavy atom. The normalized spacial score (nSPS) is 13.5. The van der Waals surface area contributed by atoms with Gasteiger partial charge in [-0.15, -0.1) is 0 Å². The minimum absolute atomic E-state index is 0.0699. The molecule has 2 atom stereocenters. The zero-order valence-electron chi connectivity index (χ0n) is 19.0. The summed E-state index contributed by atoms with van der Waals surface area (Å²) >= 11 is 0. The molecule has 0 saturated heterocycles. The molecule has 34 heavy (non-hydrogen) atoms. The van der Waals surface area contributed by atoms with Crippen LogP contribution in [0.25, 0.3) is 10.9 Å². The molecule has 2 aromatic carbocycles. The van der Waals surface area contributed by atoms with Crippen molar-refractivity contribution in [2.24, 2.45) is 7.05 Å². The molecule has 0 spiro atoms. The highest BCUT2D eigenvalue weighted by Crippen LogP contribution is 2.21. The summed E-state index contributed by atoms with van der Waals surface area (Å²) in [5, 5.41) is 21.0. The van der Waals surface area contributed by atoms with Crippen LogP contribution in [-0.4, -0.2) is 48.0 Å². The highest BCUT2D eigenvalue weighted by Gasteiger charge is 2.10. The van der Waals surface area contributed by atoms with Gasteiger partial charge in [-0.25, -0.2) is 14.0 Å². The van der Waals surface area contributed by atoms with E-state index in [1.54, 1.807) is 41.3 Å². The number of anilines is 3. The van der Waals surface area contributed by atoms with E-state index in [0.29, 0.717) is 27.9 Å². The number of hydrogen-bond acceptors (Lipinski definition) is 8. The van der Waals surface area contributed by atoms with Gasteiger partial charge in [0.05, 0.1) is 39.8 Å². The quantitative estimate of drug-likeness (QED) is 0.315. The number of benzene rings is 2. The van der Waals surface area contributed by atoms with Gasteiger partial charge in [0.2, 0.25) is 5.95 Å². The summed E-state index contributed by atoms with van der Waals surface area (Å²) in [6.07, 6.45) is 4.79. The Labute approximate surface area is 198 Å². The molecule has 2 aromatic heterocycles.